The Kier molecular flexibility index (Phi) is 8.91. The quantitative estimate of drug-likeness (QED) is 0.254. The molecule has 3 atom stereocenters. The van der Waals surface area contributed by atoms with Gasteiger partial charge in [-0.05, 0) is 44.2 Å². The van der Waals surface area contributed by atoms with Crippen LogP contribution in [0.15, 0.2) is 48.6 Å². The number of carboxylic acid groups (broad SMARTS) is 1. The van der Waals surface area contributed by atoms with Crippen LogP contribution in [0, 0.1) is 0 Å². The first-order valence-electron chi connectivity index (χ1n) is 15.7. The highest BCUT2D eigenvalue weighted by Gasteiger charge is 2.46. The van der Waals surface area contributed by atoms with E-state index in [1.807, 2.05) is 11.0 Å². The predicted octanol–water partition coefficient (Wildman–Crippen LogP) is 4.12. The van der Waals surface area contributed by atoms with Crippen molar-refractivity contribution in [2.75, 3.05) is 57.3 Å². The number of nitrogens with zero attached hydrogens (tertiary/aromatic N) is 3. The van der Waals surface area contributed by atoms with Crippen LogP contribution < -0.4 is 29.2 Å². The first-order valence-corrected chi connectivity index (χ1v) is 15.7. The second kappa shape index (κ2) is 13.1. The van der Waals surface area contributed by atoms with Crippen molar-refractivity contribution in [1.29, 1.82) is 0 Å². The number of methoxy groups -OCH3 is 2. The lowest BCUT2D eigenvalue weighted by molar-refractivity contribution is 0.0511. The number of aliphatic hydroxyl groups excluding tert-OH is 1. The van der Waals surface area contributed by atoms with Crippen LogP contribution in [0.5, 0.6) is 23.0 Å². The fraction of sp³-hybridized carbons (Fsp3) is 0.441. The normalized spacial score (nSPS) is 21.7. The van der Waals surface area contributed by atoms with E-state index in [2.05, 4.69) is 18.5 Å². The monoisotopic (exact) mass is 648 g/mol. The van der Waals surface area contributed by atoms with E-state index in [-0.39, 0.29) is 41.2 Å². The number of aliphatic hydroxyl groups is 1. The van der Waals surface area contributed by atoms with Crippen LogP contribution in [0.1, 0.15) is 52.8 Å². The van der Waals surface area contributed by atoms with Gasteiger partial charge in [0.05, 0.1) is 62.0 Å². The number of fused-ring (bicyclic) bond motifs is 4. The van der Waals surface area contributed by atoms with E-state index in [9.17, 15) is 24.6 Å². The third kappa shape index (κ3) is 6.02. The number of benzene rings is 2. The van der Waals surface area contributed by atoms with E-state index in [0.717, 1.165) is 34.6 Å². The van der Waals surface area contributed by atoms with Gasteiger partial charge in [0.2, 0.25) is 0 Å². The van der Waals surface area contributed by atoms with Crippen molar-refractivity contribution in [2.24, 2.45) is 0 Å². The average molecular weight is 649 g/mol. The first-order chi connectivity index (χ1) is 22.6. The Hall–Kier alpha value is -4.91. The van der Waals surface area contributed by atoms with Crippen molar-refractivity contribution in [3.8, 4) is 23.0 Å². The number of hydrogen-bond donors (Lipinski definition) is 3. The summed E-state index contributed by atoms with van der Waals surface area (Å²) in [4.78, 5) is 43.1. The Labute approximate surface area is 272 Å². The van der Waals surface area contributed by atoms with E-state index in [1.165, 1.54) is 24.1 Å². The van der Waals surface area contributed by atoms with Crippen LogP contribution in [-0.4, -0.2) is 103 Å². The van der Waals surface area contributed by atoms with Gasteiger partial charge in [-0.3, -0.25) is 9.59 Å². The van der Waals surface area contributed by atoms with Crippen LogP contribution in [0.2, 0.25) is 0 Å². The van der Waals surface area contributed by atoms with Gasteiger partial charge in [0, 0.05) is 31.8 Å². The molecule has 6 rings (SSSR count). The summed E-state index contributed by atoms with van der Waals surface area (Å²) >= 11 is 0. The number of anilines is 2. The van der Waals surface area contributed by atoms with Gasteiger partial charge in [-0.15, -0.1) is 0 Å². The molecule has 13 heteroatoms. The molecule has 2 fully saturated rings. The molecule has 3 N–H and O–H groups in total. The zero-order valence-corrected chi connectivity index (χ0v) is 26.6. The predicted molar refractivity (Wildman–Crippen MR) is 173 cm³/mol. The third-order valence-corrected chi connectivity index (χ3v) is 9.13. The summed E-state index contributed by atoms with van der Waals surface area (Å²) in [6.07, 6.45) is 0.372. The summed E-state index contributed by atoms with van der Waals surface area (Å²) < 4.78 is 23.1. The molecule has 0 aliphatic carbocycles. The minimum atomic E-state index is -1.47. The highest BCUT2D eigenvalue weighted by Crippen LogP contribution is 2.42. The standard InChI is InChI=1S/C34H40N4O9/c1-19-10-21-16-35-24-14-29(27(44-3)12-22(24)31(39)36(21)17-19)46-8-6-5-7-9-47-30-15-25-23(13-28(30)45-4)32(40)37-18-20(2)11-26(37)33(41)38(25)34(42)43/h12-15,21,26,33,35,41H,1-2,5-11,16-18H2,3-4H3,(H,42,43)/t21-,26-,33-/m0/s1. The Balaban J connectivity index is 1.06. The number of nitrogens with one attached hydrogen (secondary N) is 1. The zero-order valence-electron chi connectivity index (χ0n) is 26.6. The largest absolute Gasteiger partial charge is 0.493 e. The van der Waals surface area contributed by atoms with Gasteiger partial charge < -0.3 is 44.3 Å². The van der Waals surface area contributed by atoms with Crippen molar-refractivity contribution in [3.63, 3.8) is 0 Å². The van der Waals surface area contributed by atoms with Crippen molar-refractivity contribution in [3.05, 3.63) is 59.7 Å². The van der Waals surface area contributed by atoms with Crippen LogP contribution >= 0.6 is 0 Å². The number of rotatable bonds is 10. The third-order valence-electron chi connectivity index (χ3n) is 9.13. The second-order valence-corrected chi connectivity index (χ2v) is 12.3. The van der Waals surface area contributed by atoms with Crippen LogP contribution in [0.25, 0.3) is 0 Å². The Morgan fingerprint density at radius 2 is 1.45 bits per heavy atom. The van der Waals surface area contributed by atoms with Crippen LogP contribution in [-0.2, 0) is 0 Å². The maximum atomic E-state index is 13.4. The van der Waals surface area contributed by atoms with E-state index in [4.69, 9.17) is 18.9 Å². The number of carbonyl (C=O) groups excluding carboxylic acids is 2. The van der Waals surface area contributed by atoms with Gasteiger partial charge in [0.15, 0.2) is 29.2 Å². The number of ether oxygens (including phenoxy) is 4. The summed E-state index contributed by atoms with van der Waals surface area (Å²) in [5.41, 5.74) is 3.20. The zero-order chi connectivity index (χ0) is 33.4. The number of unbranched alkanes of at least 4 members (excludes halogenated alkanes) is 2. The Bertz CT molecular complexity index is 1620. The van der Waals surface area contributed by atoms with Crippen molar-refractivity contribution in [1.82, 2.24) is 9.80 Å². The molecule has 4 aliphatic rings. The van der Waals surface area contributed by atoms with Crippen molar-refractivity contribution < 1.29 is 43.5 Å². The second-order valence-electron chi connectivity index (χ2n) is 12.3. The molecule has 0 aromatic heterocycles. The van der Waals surface area contributed by atoms with Gasteiger partial charge in [0.25, 0.3) is 11.8 Å². The molecule has 2 aromatic carbocycles. The van der Waals surface area contributed by atoms with Crippen molar-refractivity contribution >= 4 is 29.3 Å². The lowest BCUT2D eigenvalue weighted by Crippen LogP contribution is -2.50. The summed E-state index contributed by atoms with van der Waals surface area (Å²) in [6, 6.07) is 5.79. The molecule has 0 radical (unpaired) electrons. The molecule has 13 nitrogen and oxygen atoms in total. The number of hydrogen-bond acceptors (Lipinski definition) is 9. The fourth-order valence-corrected chi connectivity index (χ4v) is 6.78. The van der Waals surface area contributed by atoms with Crippen LogP contribution in [0.3, 0.4) is 0 Å². The molecule has 3 amide bonds. The topological polar surface area (TPSA) is 150 Å². The molecule has 47 heavy (non-hydrogen) atoms. The number of amides is 3. The highest BCUT2D eigenvalue weighted by atomic mass is 16.5. The summed E-state index contributed by atoms with van der Waals surface area (Å²) in [6.45, 7) is 10.1. The van der Waals surface area contributed by atoms with Gasteiger partial charge in [-0.1, -0.05) is 24.3 Å². The maximum absolute atomic E-state index is 13.4. The molecule has 0 bridgehead atoms. The first kappa shape index (κ1) is 32.0. The minimum absolute atomic E-state index is 0.0379. The fourth-order valence-electron chi connectivity index (χ4n) is 6.78. The van der Waals surface area contributed by atoms with Crippen molar-refractivity contribution in [2.45, 2.75) is 50.4 Å². The molecular formula is C34H40N4O9. The lowest BCUT2D eigenvalue weighted by Gasteiger charge is -2.30. The van der Waals surface area contributed by atoms with E-state index >= 15 is 0 Å². The van der Waals surface area contributed by atoms with Crippen LogP contribution in [0.4, 0.5) is 16.2 Å². The summed E-state index contributed by atoms with van der Waals surface area (Å²) in [5.74, 6) is 1.13. The Morgan fingerprint density at radius 1 is 0.851 bits per heavy atom. The van der Waals surface area contributed by atoms with E-state index in [1.54, 1.807) is 13.2 Å². The van der Waals surface area contributed by atoms with E-state index < -0.39 is 24.3 Å². The van der Waals surface area contributed by atoms with Gasteiger partial charge in [0.1, 0.15) is 0 Å². The molecule has 0 unspecified atom stereocenters. The average Bonchev–Trinajstić information content (AvgIpc) is 3.58. The summed E-state index contributed by atoms with van der Waals surface area (Å²) in [5, 5.41) is 24.4. The SMILES string of the molecule is C=C1C[C@H]2CNc3cc(OCCCCCOc4cc5c(cc4OC)C(=O)N4CC(=C)C[C@H]4[C@H](O)N5C(=O)O)c(OC)cc3C(=O)N2C1. The highest BCUT2D eigenvalue weighted by molar-refractivity contribution is 6.06. The number of carbonyl (C=O) groups is 3. The molecular weight excluding hydrogens is 608 g/mol. The minimum Gasteiger partial charge on any atom is -0.493 e. The van der Waals surface area contributed by atoms with E-state index in [0.29, 0.717) is 62.6 Å². The summed E-state index contributed by atoms with van der Waals surface area (Å²) in [7, 11) is 2.99. The van der Waals surface area contributed by atoms with Gasteiger partial charge >= 0.3 is 6.09 Å². The van der Waals surface area contributed by atoms with Gasteiger partial charge in [-0.25, -0.2) is 9.69 Å². The molecule has 4 aliphatic heterocycles. The molecule has 4 heterocycles. The Morgan fingerprint density at radius 3 is 2.11 bits per heavy atom. The molecule has 2 aromatic rings. The smallest absolute Gasteiger partial charge is 0.414 e. The lowest BCUT2D eigenvalue weighted by atomic mass is 10.1. The molecule has 0 spiro atoms. The maximum Gasteiger partial charge on any atom is 0.414 e. The molecule has 250 valence electrons. The molecule has 0 saturated carbocycles. The van der Waals surface area contributed by atoms with Gasteiger partial charge in [-0.2, -0.15) is 0 Å². The molecule has 2 saturated heterocycles.